The molecule has 0 aliphatic carbocycles. The molecule has 112 valence electrons. The fraction of sp³-hybridized carbons (Fsp3) is 0.647. The third-order valence-electron chi connectivity index (χ3n) is 3.93. The number of rotatable bonds is 4. The van der Waals surface area contributed by atoms with Crippen LogP contribution in [0.2, 0.25) is 0 Å². The molecule has 1 fully saturated rings. The van der Waals surface area contributed by atoms with Crippen molar-refractivity contribution < 1.29 is 9.84 Å². The Balaban J connectivity index is 1.78. The van der Waals surface area contributed by atoms with Crippen LogP contribution < -0.4 is 4.74 Å². The highest BCUT2D eigenvalue weighted by Crippen LogP contribution is 2.24. The normalized spacial score (nSPS) is 24.1. The molecule has 1 atom stereocenters. The fourth-order valence-corrected chi connectivity index (χ4v) is 2.57. The van der Waals surface area contributed by atoms with Gasteiger partial charge in [0.25, 0.3) is 0 Å². The van der Waals surface area contributed by atoms with Crippen LogP contribution in [0, 0.1) is 0 Å². The van der Waals surface area contributed by atoms with E-state index < -0.39 is 5.60 Å². The van der Waals surface area contributed by atoms with Gasteiger partial charge in [-0.05, 0) is 36.5 Å². The molecule has 1 N–H and O–H groups in total. The van der Waals surface area contributed by atoms with Crippen molar-refractivity contribution in [2.24, 2.45) is 0 Å². The molecular weight excluding hydrogens is 250 g/mol. The average Bonchev–Trinajstić information content (AvgIpc) is 2.68. The highest BCUT2D eigenvalue weighted by Gasteiger charge is 2.30. The van der Waals surface area contributed by atoms with Crippen LogP contribution in [0.5, 0.6) is 5.75 Å². The number of ether oxygens (including phenoxy) is 1. The van der Waals surface area contributed by atoms with Crippen LogP contribution in [0.4, 0.5) is 0 Å². The number of hydrogen-bond acceptors (Lipinski definition) is 3. The van der Waals surface area contributed by atoms with Crippen molar-refractivity contribution in [2.75, 3.05) is 26.2 Å². The van der Waals surface area contributed by atoms with Gasteiger partial charge in [-0.2, -0.15) is 0 Å². The molecule has 1 aromatic rings. The molecule has 0 amide bonds. The van der Waals surface area contributed by atoms with Gasteiger partial charge >= 0.3 is 0 Å². The topological polar surface area (TPSA) is 32.7 Å². The molecule has 3 heteroatoms. The molecule has 1 aliphatic rings. The molecule has 0 bridgehead atoms. The second kappa shape index (κ2) is 5.74. The third-order valence-corrected chi connectivity index (χ3v) is 3.93. The summed E-state index contributed by atoms with van der Waals surface area (Å²) in [5.74, 6) is 0.920. The highest BCUT2D eigenvalue weighted by molar-refractivity contribution is 5.31. The van der Waals surface area contributed by atoms with Crippen LogP contribution in [0.15, 0.2) is 24.3 Å². The Labute approximate surface area is 122 Å². The lowest BCUT2D eigenvalue weighted by Gasteiger charge is -2.20. The summed E-state index contributed by atoms with van der Waals surface area (Å²) >= 11 is 0. The van der Waals surface area contributed by atoms with E-state index in [0.29, 0.717) is 6.61 Å². The third kappa shape index (κ3) is 4.22. The monoisotopic (exact) mass is 277 g/mol. The van der Waals surface area contributed by atoms with E-state index in [-0.39, 0.29) is 5.41 Å². The quantitative estimate of drug-likeness (QED) is 0.918. The summed E-state index contributed by atoms with van der Waals surface area (Å²) in [4.78, 5) is 2.25. The zero-order valence-corrected chi connectivity index (χ0v) is 13.1. The zero-order valence-electron chi connectivity index (χ0n) is 13.1. The van der Waals surface area contributed by atoms with Gasteiger partial charge in [-0.15, -0.1) is 0 Å². The molecule has 0 saturated carbocycles. The number of hydrogen-bond donors (Lipinski definition) is 1. The van der Waals surface area contributed by atoms with Crippen LogP contribution in [-0.4, -0.2) is 41.8 Å². The van der Waals surface area contributed by atoms with Gasteiger partial charge in [0.15, 0.2) is 0 Å². The van der Waals surface area contributed by atoms with Gasteiger partial charge in [-0.1, -0.05) is 32.9 Å². The first-order valence-electron chi connectivity index (χ1n) is 7.44. The predicted molar refractivity (Wildman–Crippen MR) is 82.3 cm³/mol. The molecule has 0 aromatic heterocycles. The van der Waals surface area contributed by atoms with Crippen molar-refractivity contribution >= 4 is 0 Å². The lowest BCUT2D eigenvalue weighted by Crippen LogP contribution is -2.32. The second-order valence-electron chi connectivity index (χ2n) is 7.15. The molecule has 3 nitrogen and oxygen atoms in total. The molecule has 20 heavy (non-hydrogen) atoms. The van der Waals surface area contributed by atoms with Crippen molar-refractivity contribution in [1.29, 1.82) is 0 Å². The Hall–Kier alpha value is -1.06. The minimum Gasteiger partial charge on any atom is -0.492 e. The Morgan fingerprint density at radius 2 is 1.90 bits per heavy atom. The maximum Gasteiger partial charge on any atom is 0.119 e. The van der Waals surface area contributed by atoms with Crippen LogP contribution in [0.3, 0.4) is 0 Å². The Kier molecular flexibility index (Phi) is 4.40. The lowest BCUT2D eigenvalue weighted by atomic mass is 9.87. The number of nitrogens with zero attached hydrogens (tertiary/aromatic N) is 1. The number of benzene rings is 1. The Morgan fingerprint density at radius 3 is 2.40 bits per heavy atom. The van der Waals surface area contributed by atoms with E-state index in [1.165, 1.54) is 5.56 Å². The van der Waals surface area contributed by atoms with E-state index in [0.717, 1.165) is 31.8 Å². The van der Waals surface area contributed by atoms with Gasteiger partial charge in [0, 0.05) is 19.6 Å². The summed E-state index contributed by atoms with van der Waals surface area (Å²) in [6, 6.07) is 8.35. The summed E-state index contributed by atoms with van der Waals surface area (Å²) in [6.45, 7) is 11.8. The van der Waals surface area contributed by atoms with Crippen molar-refractivity contribution in [3.8, 4) is 5.75 Å². The summed E-state index contributed by atoms with van der Waals surface area (Å²) in [6.07, 6.45) is 0.854. The van der Waals surface area contributed by atoms with Crippen LogP contribution >= 0.6 is 0 Å². The van der Waals surface area contributed by atoms with Gasteiger partial charge in [0.1, 0.15) is 12.4 Å². The number of likely N-dealkylation sites (tertiary alicyclic amines) is 1. The Morgan fingerprint density at radius 1 is 1.25 bits per heavy atom. The van der Waals surface area contributed by atoms with Gasteiger partial charge in [-0.3, -0.25) is 4.90 Å². The predicted octanol–water partition coefficient (Wildman–Crippen LogP) is 2.82. The van der Waals surface area contributed by atoms with Crippen molar-refractivity contribution in [2.45, 2.75) is 45.1 Å². The smallest absolute Gasteiger partial charge is 0.119 e. The minimum atomic E-state index is -0.519. The van der Waals surface area contributed by atoms with Gasteiger partial charge < -0.3 is 9.84 Å². The van der Waals surface area contributed by atoms with Crippen LogP contribution in [0.1, 0.15) is 39.7 Å². The number of aliphatic hydroxyl groups is 1. The minimum absolute atomic E-state index is 0.180. The van der Waals surface area contributed by atoms with E-state index >= 15 is 0 Å². The van der Waals surface area contributed by atoms with Gasteiger partial charge in [0.05, 0.1) is 5.60 Å². The highest BCUT2D eigenvalue weighted by atomic mass is 16.5. The molecule has 0 spiro atoms. The van der Waals surface area contributed by atoms with Crippen molar-refractivity contribution in [3.05, 3.63) is 29.8 Å². The number of β-amino-alcohol motifs (C(OH)–C–C–N with tert-alkyl or cyclic N) is 1. The summed E-state index contributed by atoms with van der Waals surface area (Å²) in [7, 11) is 0. The summed E-state index contributed by atoms with van der Waals surface area (Å²) < 4.78 is 5.78. The van der Waals surface area contributed by atoms with E-state index in [4.69, 9.17) is 4.74 Å². The molecule has 1 aliphatic heterocycles. The molecule has 2 rings (SSSR count). The van der Waals surface area contributed by atoms with Gasteiger partial charge in [0.2, 0.25) is 0 Å². The maximum atomic E-state index is 9.91. The molecule has 0 radical (unpaired) electrons. The lowest BCUT2D eigenvalue weighted by molar-refractivity contribution is 0.0670. The molecule has 1 heterocycles. The fourth-order valence-electron chi connectivity index (χ4n) is 2.57. The summed E-state index contributed by atoms with van der Waals surface area (Å²) in [5.41, 5.74) is 0.981. The molecular formula is C17H27NO2. The first-order chi connectivity index (χ1) is 9.26. The molecule has 1 aromatic carbocycles. The summed E-state index contributed by atoms with van der Waals surface area (Å²) in [5, 5.41) is 9.91. The SMILES string of the molecule is CC1(O)CCN(CCOc2ccc(C(C)(C)C)cc2)C1. The maximum absolute atomic E-state index is 9.91. The van der Waals surface area contributed by atoms with Crippen molar-refractivity contribution in [1.82, 2.24) is 4.90 Å². The second-order valence-corrected chi connectivity index (χ2v) is 7.15. The van der Waals surface area contributed by atoms with Crippen LogP contribution in [-0.2, 0) is 5.41 Å². The standard InChI is InChI=1S/C17H27NO2/c1-16(2,3)14-5-7-15(8-6-14)20-12-11-18-10-9-17(4,19)13-18/h5-8,19H,9-13H2,1-4H3. The van der Waals surface area contributed by atoms with E-state index in [1.807, 2.05) is 19.1 Å². The molecule has 1 saturated heterocycles. The van der Waals surface area contributed by atoms with E-state index in [2.05, 4.69) is 37.8 Å². The Bertz CT molecular complexity index is 431. The van der Waals surface area contributed by atoms with Crippen LogP contribution in [0.25, 0.3) is 0 Å². The molecule has 1 unspecified atom stereocenters. The average molecular weight is 277 g/mol. The van der Waals surface area contributed by atoms with Gasteiger partial charge in [-0.25, -0.2) is 0 Å². The largest absolute Gasteiger partial charge is 0.492 e. The van der Waals surface area contributed by atoms with E-state index in [9.17, 15) is 5.11 Å². The van der Waals surface area contributed by atoms with Crippen molar-refractivity contribution in [3.63, 3.8) is 0 Å². The first kappa shape index (κ1) is 15.3. The first-order valence-corrected chi connectivity index (χ1v) is 7.44. The zero-order chi connectivity index (χ0) is 14.8. The van der Waals surface area contributed by atoms with E-state index in [1.54, 1.807) is 0 Å².